The molecule has 22 heavy (non-hydrogen) atoms. The van der Waals surface area contributed by atoms with Crippen molar-refractivity contribution in [3.8, 4) is 11.5 Å². The van der Waals surface area contributed by atoms with Crippen molar-refractivity contribution in [3.05, 3.63) is 59.7 Å². The molecular weight excluding hydrogens is 294 g/mol. The maximum atomic E-state index is 13.3. The molecule has 0 heterocycles. The van der Waals surface area contributed by atoms with E-state index >= 15 is 0 Å². The minimum atomic E-state index is -0.742. The zero-order chi connectivity index (χ0) is 15.9. The Hall–Kier alpha value is -2.63. The first kappa shape index (κ1) is 15.8. The molecule has 0 N–H and O–H groups in total. The van der Waals surface area contributed by atoms with Gasteiger partial charge in [0.05, 0.1) is 7.11 Å². The molecule has 0 aliphatic carbocycles. The van der Waals surface area contributed by atoms with Gasteiger partial charge in [-0.3, -0.25) is 0 Å². The number of carbonyl (C=O) groups excluding carboxylic acids is 1. The van der Waals surface area contributed by atoms with Crippen LogP contribution < -0.4 is 9.47 Å². The van der Waals surface area contributed by atoms with Crippen molar-refractivity contribution < 1.29 is 27.8 Å². The molecule has 0 spiro atoms. The lowest BCUT2D eigenvalue weighted by molar-refractivity contribution is 0.0444. The molecule has 0 saturated carbocycles. The van der Waals surface area contributed by atoms with E-state index in [2.05, 4.69) is 0 Å². The number of carbonyl (C=O) groups is 1. The molecule has 0 aliphatic heterocycles. The van der Waals surface area contributed by atoms with Crippen LogP contribution in [-0.4, -0.2) is 26.3 Å². The summed E-state index contributed by atoms with van der Waals surface area (Å²) in [6.07, 6.45) is 0. The predicted octanol–water partition coefficient (Wildman–Crippen LogP) is 3.21. The Balaban J connectivity index is 1.88. The number of halogens is 2. The molecule has 0 radical (unpaired) electrons. The number of rotatable bonds is 6. The maximum Gasteiger partial charge on any atom is 0.342 e. The summed E-state index contributed by atoms with van der Waals surface area (Å²) in [6, 6.07) is 9.43. The van der Waals surface area contributed by atoms with Gasteiger partial charge in [-0.05, 0) is 30.3 Å². The maximum absolute atomic E-state index is 13.3. The van der Waals surface area contributed by atoms with Crippen LogP contribution in [0.25, 0.3) is 0 Å². The summed E-state index contributed by atoms with van der Waals surface area (Å²) in [6.45, 7) is -0.128. The molecule has 116 valence electrons. The van der Waals surface area contributed by atoms with E-state index in [-0.39, 0.29) is 30.3 Å². The average Bonchev–Trinajstić information content (AvgIpc) is 2.52. The van der Waals surface area contributed by atoms with Gasteiger partial charge in [0.1, 0.15) is 30.3 Å². The summed E-state index contributed by atoms with van der Waals surface area (Å²) in [5.74, 6) is -1.53. The molecule has 0 saturated heterocycles. The fourth-order valence-corrected chi connectivity index (χ4v) is 1.77. The van der Waals surface area contributed by atoms with Crippen LogP contribution in [0, 0.1) is 11.6 Å². The largest absolute Gasteiger partial charge is 0.496 e. The van der Waals surface area contributed by atoms with Gasteiger partial charge < -0.3 is 14.2 Å². The van der Waals surface area contributed by atoms with Gasteiger partial charge in [0.15, 0.2) is 11.6 Å². The molecule has 2 rings (SSSR count). The molecule has 6 heteroatoms. The Bertz CT molecular complexity index is 658. The van der Waals surface area contributed by atoms with Crippen molar-refractivity contribution in [3.63, 3.8) is 0 Å². The first-order chi connectivity index (χ1) is 10.6. The summed E-state index contributed by atoms with van der Waals surface area (Å²) in [5.41, 5.74) is -0.0200. The van der Waals surface area contributed by atoms with E-state index in [0.717, 1.165) is 6.07 Å². The Morgan fingerprint density at radius 2 is 1.82 bits per heavy atom. The third-order valence-corrected chi connectivity index (χ3v) is 2.79. The molecule has 0 amide bonds. The van der Waals surface area contributed by atoms with Gasteiger partial charge in [-0.1, -0.05) is 12.1 Å². The number of esters is 1. The van der Waals surface area contributed by atoms with Crippen molar-refractivity contribution >= 4 is 5.97 Å². The van der Waals surface area contributed by atoms with Gasteiger partial charge >= 0.3 is 5.97 Å². The number of benzene rings is 2. The summed E-state index contributed by atoms with van der Waals surface area (Å²) < 4.78 is 41.5. The molecule has 0 bridgehead atoms. The number of para-hydroxylation sites is 1. The van der Waals surface area contributed by atoms with Gasteiger partial charge in [-0.2, -0.15) is 0 Å². The van der Waals surface area contributed by atoms with Crippen LogP contribution in [-0.2, 0) is 4.74 Å². The van der Waals surface area contributed by atoms with Crippen LogP contribution in [0.5, 0.6) is 11.5 Å². The second-order valence-corrected chi connectivity index (χ2v) is 4.26. The molecule has 2 aromatic rings. The van der Waals surface area contributed by atoms with E-state index in [0.29, 0.717) is 0 Å². The van der Waals surface area contributed by atoms with E-state index in [1.165, 1.54) is 31.4 Å². The highest BCUT2D eigenvalue weighted by Crippen LogP contribution is 2.20. The van der Waals surface area contributed by atoms with E-state index in [1.807, 2.05) is 0 Å². The quantitative estimate of drug-likeness (QED) is 0.607. The minimum absolute atomic E-state index is 0.0200. The Morgan fingerprint density at radius 3 is 2.55 bits per heavy atom. The predicted molar refractivity (Wildman–Crippen MR) is 75.1 cm³/mol. The second-order valence-electron chi connectivity index (χ2n) is 4.26. The first-order valence-corrected chi connectivity index (χ1v) is 6.50. The number of ether oxygens (including phenoxy) is 3. The Labute approximate surface area is 126 Å². The lowest BCUT2D eigenvalue weighted by atomic mass is 10.2. The van der Waals surface area contributed by atoms with Crippen LogP contribution in [0.4, 0.5) is 8.78 Å². The summed E-state index contributed by atoms with van der Waals surface area (Å²) in [4.78, 5) is 11.9. The fourth-order valence-electron chi connectivity index (χ4n) is 1.77. The fraction of sp³-hybridized carbons (Fsp3) is 0.188. The third kappa shape index (κ3) is 3.94. The molecule has 4 nitrogen and oxygen atoms in total. The summed E-state index contributed by atoms with van der Waals surface area (Å²) in [7, 11) is 1.37. The van der Waals surface area contributed by atoms with Gasteiger partial charge in [0, 0.05) is 0 Å². The van der Waals surface area contributed by atoms with Crippen molar-refractivity contribution in [2.45, 2.75) is 0 Å². The normalized spacial score (nSPS) is 10.1. The smallest absolute Gasteiger partial charge is 0.342 e. The summed E-state index contributed by atoms with van der Waals surface area (Å²) >= 11 is 0. The molecule has 0 aliphatic rings. The topological polar surface area (TPSA) is 44.8 Å². The van der Waals surface area contributed by atoms with Gasteiger partial charge in [0.2, 0.25) is 0 Å². The first-order valence-electron chi connectivity index (χ1n) is 6.50. The van der Waals surface area contributed by atoms with E-state index in [4.69, 9.17) is 14.2 Å². The highest BCUT2D eigenvalue weighted by Gasteiger charge is 2.15. The Kier molecular flexibility index (Phi) is 5.30. The lowest BCUT2D eigenvalue weighted by Crippen LogP contribution is -2.13. The SMILES string of the molecule is COc1ccc(F)cc1C(=O)OCCOc1ccccc1F. The zero-order valence-corrected chi connectivity index (χ0v) is 11.8. The van der Waals surface area contributed by atoms with E-state index in [9.17, 15) is 13.6 Å². The Morgan fingerprint density at radius 1 is 1.05 bits per heavy atom. The minimum Gasteiger partial charge on any atom is -0.496 e. The number of hydrogen-bond donors (Lipinski definition) is 0. The standard InChI is InChI=1S/C16H14F2O4/c1-20-14-7-6-11(17)10-12(14)16(19)22-9-8-21-15-5-3-2-4-13(15)18/h2-7,10H,8-9H2,1H3. The molecule has 2 aromatic carbocycles. The summed E-state index contributed by atoms with van der Waals surface area (Å²) in [5, 5.41) is 0. The van der Waals surface area contributed by atoms with Crippen LogP contribution in [0.3, 0.4) is 0 Å². The molecular formula is C16H14F2O4. The van der Waals surface area contributed by atoms with Crippen molar-refractivity contribution in [1.29, 1.82) is 0 Å². The van der Waals surface area contributed by atoms with E-state index in [1.54, 1.807) is 12.1 Å². The molecule has 0 unspecified atom stereocenters. The van der Waals surface area contributed by atoms with Gasteiger partial charge in [-0.15, -0.1) is 0 Å². The monoisotopic (exact) mass is 308 g/mol. The zero-order valence-electron chi connectivity index (χ0n) is 11.8. The third-order valence-electron chi connectivity index (χ3n) is 2.79. The average molecular weight is 308 g/mol. The van der Waals surface area contributed by atoms with Crippen LogP contribution in [0.2, 0.25) is 0 Å². The molecule has 0 aromatic heterocycles. The van der Waals surface area contributed by atoms with Crippen LogP contribution in [0.15, 0.2) is 42.5 Å². The van der Waals surface area contributed by atoms with E-state index < -0.39 is 17.6 Å². The van der Waals surface area contributed by atoms with Crippen molar-refractivity contribution in [2.24, 2.45) is 0 Å². The molecule has 0 fully saturated rings. The number of hydrogen-bond acceptors (Lipinski definition) is 4. The van der Waals surface area contributed by atoms with Crippen LogP contribution >= 0.6 is 0 Å². The van der Waals surface area contributed by atoms with Crippen molar-refractivity contribution in [1.82, 2.24) is 0 Å². The highest BCUT2D eigenvalue weighted by atomic mass is 19.1. The van der Waals surface area contributed by atoms with Gasteiger partial charge in [0.25, 0.3) is 0 Å². The molecule has 0 atom stereocenters. The highest BCUT2D eigenvalue weighted by molar-refractivity contribution is 5.92. The lowest BCUT2D eigenvalue weighted by Gasteiger charge is -2.10. The van der Waals surface area contributed by atoms with Crippen molar-refractivity contribution in [2.75, 3.05) is 20.3 Å². The van der Waals surface area contributed by atoms with Gasteiger partial charge in [-0.25, -0.2) is 13.6 Å². The number of methoxy groups -OCH3 is 1. The second kappa shape index (κ2) is 7.40. The van der Waals surface area contributed by atoms with Crippen LogP contribution in [0.1, 0.15) is 10.4 Å².